The summed E-state index contributed by atoms with van der Waals surface area (Å²) in [7, 11) is 0. The number of amides is 1. The molecule has 146 valence electrons. The molecule has 1 aliphatic carbocycles. The molecule has 0 saturated heterocycles. The number of aromatic nitrogens is 5. The third-order valence-corrected chi connectivity index (χ3v) is 4.88. The Bertz CT molecular complexity index is 978. The van der Waals surface area contributed by atoms with Crippen molar-refractivity contribution in [3.8, 4) is 0 Å². The lowest BCUT2D eigenvalue weighted by Gasteiger charge is -2.22. The standard InChI is InChI=1S/C21H26N6O/c1-13-22-19(25-24-13)18(15-8-6-5-7-9-15)23-20(28)16-12-17(14-10-11-14)27(26-16)21(2,3)4/h5-9,12,14,18H,10-11H2,1-4H3,(H,23,28)(H,22,24,25). The van der Waals surface area contributed by atoms with Crippen LogP contribution in [-0.4, -0.2) is 30.9 Å². The fraction of sp³-hybridized carbons (Fsp3) is 0.429. The summed E-state index contributed by atoms with van der Waals surface area (Å²) >= 11 is 0. The zero-order chi connectivity index (χ0) is 19.9. The topological polar surface area (TPSA) is 88.5 Å². The highest BCUT2D eigenvalue weighted by atomic mass is 16.2. The van der Waals surface area contributed by atoms with E-state index < -0.39 is 6.04 Å². The van der Waals surface area contributed by atoms with Gasteiger partial charge in [0.15, 0.2) is 11.5 Å². The van der Waals surface area contributed by atoms with Crippen LogP contribution in [0.15, 0.2) is 36.4 Å². The van der Waals surface area contributed by atoms with Crippen LogP contribution < -0.4 is 5.32 Å². The molecule has 0 radical (unpaired) electrons. The fourth-order valence-electron chi connectivity index (χ4n) is 3.35. The van der Waals surface area contributed by atoms with Gasteiger partial charge in [-0.05, 0) is 52.2 Å². The number of benzene rings is 1. The highest BCUT2D eigenvalue weighted by Crippen LogP contribution is 2.41. The van der Waals surface area contributed by atoms with Crippen LogP contribution in [0.2, 0.25) is 0 Å². The summed E-state index contributed by atoms with van der Waals surface area (Å²) in [4.78, 5) is 17.5. The van der Waals surface area contributed by atoms with Gasteiger partial charge in [0.2, 0.25) is 0 Å². The van der Waals surface area contributed by atoms with Crippen molar-refractivity contribution in [2.45, 2.75) is 58.0 Å². The van der Waals surface area contributed by atoms with Gasteiger partial charge in [-0.2, -0.15) is 10.2 Å². The molecule has 1 saturated carbocycles. The van der Waals surface area contributed by atoms with Gasteiger partial charge in [0.05, 0.1) is 5.54 Å². The molecule has 1 unspecified atom stereocenters. The summed E-state index contributed by atoms with van der Waals surface area (Å²) in [6, 6.07) is 11.2. The van der Waals surface area contributed by atoms with Crippen LogP contribution in [0.3, 0.4) is 0 Å². The molecule has 2 heterocycles. The third-order valence-electron chi connectivity index (χ3n) is 4.88. The monoisotopic (exact) mass is 378 g/mol. The molecule has 0 aliphatic heterocycles. The first-order chi connectivity index (χ1) is 13.3. The van der Waals surface area contributed by atoms with Crippen LogP contribution >= 0.6 is 0 Å². The van der Waals surface area contributed by atoms with Crippen LogP contribution in [0.4, 0.5) is 0 Å². The van der Waals surface area contributed by atoms with E-state index in [1.165, 1.54) is 0 Å². The quantitative estimate of drug-likeness (QED) is 0.712. The Morgan fingerprint density at radius 1 is 1.25 bits per heavy atom. The number of carbonyl (C=O) groups excluding carboxylic acids is 1. The maximum absolute atomic E-state index is 13.1. The Kier molecular flexibility index (Phi) is 4.53. The summed E-state index contributed by atoms with van der Waals surface area (Å²) in [6.45, 7) is 8.16. The molecular formula is C21H26N6O. The minimum absolute atomic E-state index is 0.170. The van der Waals surface area contributed by atoms with Crippen molar-refractivity contribution in [2.75, 3.05) is 0 Å². The minimum atomic E-state index is -0.442. The first-order valence-electron chi connectivity index (χ1n) is 9.68. The summed E-state index contributed by atoms with van der Waals surface area (Å²) in [5.74, 6) is 1.53. The summed E-state index contributed by atoms with van der Waals surface area (Å²) in [5.41, 5.74) is 2.33. The molecule has 2 N–H and O–H groups in total. The maximum atomic E-state index is 13.1. The first kappa shape index (κ1) is 18.4. The lowest BCUT2D eigenvalue weighted by atomic mass is 10.1. The predicted molar refractivity (Wildman–Crippen MR) is 106 cm³/mol. The van der Waals surface area contributed by atoms with Crippen molar-refractivity contribution in [1.82, 2.24) is 30.3 Å². The molecule has 7 nitrogen and oxygen atoms in total. The number of aryl methyl sites for hydroxylation is 1. The van der Waals surface area contributed by atoms with E-state index in [0.717, 1.165) is 24.1 Å². The predicted octanol–water partition coefficient (Wildman–Crippen LogP) is 3.46. The maximum Gasteiger partial charge on any atom is 0.272 e. The van der Waals surface area contributed by atoms with E-state index in [4.69, 9.17) is 0 Å². The number of hydrogen-bond donors (Lipinski definition) is 2. The number of H-pyrrole nitrogens is 1. The second-order valence-corrected chi connectivity index (χ2v) is 8.41. The van der Waals surface area contributed by atoms with Gasteiger partial charge < -0.3 is 5.32 Å². The zero-order valence-corrected chi connectivity index (χ0v) is 16.7. The van der Waals surface area contributed by atoms with E-state index in [1.54, 1.807) is 0 Å². The molecule has 0 spiro atoms. The Labute approximate surface area is 164 Å². The summed E-state index contributed by atoms with van der Waals surface area (Å²) in [6.07, 6.45) is 2.32. The van der Waals surface area contributed by atoms with Gasteiger partial charge in [0, 0.05) is 11.6 Å². The number of hydrogen-bond acceptors (Lipinski definition) is 4. The van der Waals surface area contributed by atoms with Crippen molar-refractivity contribution in [2.24, 2.45) is 0 Å². The number of rotatable bonds is 5. The lowest BCUT2D eigenvalue weighted by molar-refractivity contribution is 0.0935. The molecule has 7 heteroatoms. The second-order valence-electron chi connectivity index (χ2n) is 8.41. The lowest BCUT2D eigenvalue weighted by Crippen LogP contribution is -2.31. The average molecular weight is 378 g/mol. The van der Waals surface area contributed by atoms with E-state index in [1.807, 2.05) is 48.0 Å². The molecule has 1 aromatic carbocycles. The largest absolute Gasteiger partial charge is 0.336 e. The molecule has 1 fully saturated rings. The van der Waals surface area contributed by atoms with Crippen molar-refractivity contribution in [3.05, 3.63) is 65.0 Å². The molecule has 1 atom stereocenters. The molecule has 1 amide bonds. The summed E-state index contributed by atoms with van der Waals surface area (Å²) < 4.78 is 1.99. The third kappa shape index (κ3) is 3.69. The molecule has 1 aliphatic rings. The molecule has 28 heavy (non-hydrogen) atoms. The van der Waals surface area contributed by atoms with Crippen molar-refractivity contribution < 1.29 is 4.79 Å². The molecule has 4 rings (SSSR count). The van der Waals surface area contributed by atoms with Crippen molar-refractivity contribution in [3.63, 3.8) is 0 Å². The highest BCUT2D eigenvalue weighted by Gasteiger charge is 2.33. The van der Waals surface area contributed by atoms with Crippen molar-refractivity contribution in [1.29, 1.82) is 0 Å². The van der Waals surface area contributed by atoms with Crippen LogP contribution in [0, 0.1) is 6.92 Å². The Hall–Kier alpha value is -2.96. The van der Waals surface area contributed by atoms with Gasteiger partial charge in [-0.15, -0.1) is 0 Å². The molecular weight excluding hydrogens is 352 g/mol. The Morgan fingerprint density at radius 2 is 1.96 bits per heavy atom. The summed E-state index contributed by atoms with van der Waals surface area (Å²) in [5, 5.41) is 14.8. The normalized spacial score (nSPS) is 15.4. The highest BCUT2D eigenvalue weighted by molar-refractivity contribution is 5.93. The van der Waals surface area contributed by atoms with E-state index >= 15 is 0 Å². The smallest absolute Gasteiger partial charge is 0.272 e. The van der Waals surface area contributed by atoms with E-state index in [-0.39, 0.29) is 11.4 Å². The number of aromatic amines is 1. The number of nitrogens with zero attached hydrogens (tertiary/aromatic N) is 4. The van der Waals surface area contributed by atoms with Gasteiger partial charge in [0.25, 0.3) is 5.91 Å². The molecule has 0 bridgehead atoms. The van der Waals surface area contributed by atoms with Gasteiger partial charge in [0.1, 0.15) is 11.9 Å². The van der Waals surface area contributed by atoms with Crippen LogP contribution in [-0.2, 0) is 5.54 Å². The SMILES string of the molecule is Cc1nc(C(NC(=O)c2cc(C3CC3)n(C(C)(C)C)n2)c2ccccc2)n[nH]1. The van der Waals surface area contributed by atoms with Crippen LogP contribution in [0.1, 0.15) is 79.0 Å². The van der Waals surface area contributed by atoms with E-state index in [2.05, 4.69) is 46.4 Å². The van der Waals surface area contributed by atoms with Crippen LogP contribution in [0.5, 0.6) is 0 Å². The van der Waals surface area contributed by atoms with E-state index in [0.29, 0.717) is 23.3 Å². The van der Waals surface area contributed by atoms with Crippen LogP contribution in [0.25, 0.3) is 0 Å². The number of carbonyl (C=O) groups is 1. The van der Waals surface area contributed by atoms with Gasteiger partial charge in [-0.1, -0.05) is 30.3 Å². The zero-order valence-electron chi connectivity index (χ0n) is 16.7. The number of nitrogens with one attached hydrogen (secondary N) is 2. The van der Waals surface area contributed by atoms with Gasteiger partial charge in [-0.25, -0.2) is 4.98 Å². The van der Waals surface area contributed by atoms with Crippen molar-refractivity contribution >= 4 is 5.91 Å². The fourth-order valence-corrected chi connectivity index (χ4v) is 3.35. The molecule has 2 aromatic heterocycles. The second kappa shape index (κ2) is 6.89. The van der Waals surface area contributed by atoms with E-state index in [9.17, 15) is 4.79 Å². The Morgan fingerprint density at radius 3 is 2.54 bits per heavy atom. The molecule has 3 aromatic rings. The Balaban J connectivity index is 1.65. The van der Waals surface area contributed by atoms with Gasteiger partial charge in [-0.3, -0.25) is 14.6 Å². The first-order valence-corrected chi connectivity index (χ1v) is 9.68. The average Bonchev–Trinajstić information content (AvgIpc) is 3.24. The van der Waals surface area contributed by atoms with Gasteiger partial charge >= 0.3 is 0 Å². The minimum Gasteiger partial charge on any atom is -0.336 e.